The van der Waals surface area contributed by atoms with Gasteiger partial charge in [0.25, 0.3) is 0 Å². The molecule has 0 amide bonds. The van der Waals surface area contributed by atoms with Gasteiger partial charge in [0.15, 0.2) is 17.5 Å². The molecule has 2 N–H and O–H groups in total. The molecule has 0 spiro atoms. The van der Waals surface area contributed by atoms with Crippen LogP contribution in [0.5, 0.6) is 17.2 Å². The van der Waals surface area contributed by atoms with Crippen LogP contribution in [0.4, 0.5) is 8.78 Å². The van der Waals surface area contributed by atoms with Crippen LogP contribution in [-0.4, -0.2) is 33.3 Å². The summed E-state index contributed by atoms with van der Waals surface area (Å²) in [6.07, 6.45) is 0. The molecule has 9 heteroatoms. The SMILES string of the molecule is CCOc1ccccc1CNC(=NC)NCc1ccc(OC)c(OC(F)F)c1.I. The van der Waals surface area contributed by atoms with Crippen LogP contribution in [0.2, 0.25) is 0 Å². The summed E-state index contributed by atoms with van der Waals surface area (Å²) in [5.74, 6) is 1.62. The van der Waals surface area contributed by atoms with E-state index in [0.29, 0.717) is 25.7 Å². The predicted molar refractivity (Wildman–Crippen MR) is 120 cm³/mol. The van der Waals surface area contributed by atoms with Gasteiger partial charge in [0.05, 0.1) is 13.7 Å². The Kier molecular flexibility index (Phi) is 11.1. The van der Waals surface area contributed by atoms with Crippen molar-refractivity contribution in [1.82, 2.24) is 10.6 Å². The van der Waals surface area contributed by atoms with Crippen molar-refractivity contribution in [3.8, 4) is 17.2 Å². The van der Waals surface area contributed by atoms with Gasteiger partial charge in [-0.25, -0.2) is 0 Å². The van der Waals surface area contributed by atoms with Gasteiger partial charge >= 0.3 is 6.61 Å². The third kappa shape index (κ3) is 7.92. The summed E-state index contributed by atoms with van der Waals surface area (Å²) < 4.78 is 40.3. The number of nitrogens with zero attached hydrogens (tertiary/aromatic N) is 1. The molecule has 0 aliphatic heterocycles. The van der Waals surface area contributed by atoms with Crippen LogP contribution < -0.4 is 24.8 Å². The minimum Gasteiger partial charge on any atom is -0.494 e. The number of hydrogen-bond donors (Lipinski definition) is 2. The maximum absolute atomic E-state index is 12.6. The molecule has 0 atom stereocenters. The summed E-state index contributed by atoms with van der Waals surface area (Å²) in [6, 6.07) is 12.6. The van der Waals surface area contributed by atoms with Gasteiger partial charge in [0.1, 0.15) is 5.75 Å². The molecular weight excluding hydrogens is 495 g/mol. The molecule has 0 radical (unpaired) electrons. The van der Waals surface area contributed by atoms with Gasteiger partial charge in [-0.3, -0.25) is 4.99 Å². The Labute approximate surface area is 186 Å². The van der Waals surface area contributed by atoms with Gasteiger partial charge in [0.2, 0.25) is 0 Å². The van der Waals surface area contributed by atoms with E-state index in [-0.39, 0.29) is 35.5 Å². The first kappa shape index (κ1) is 24.7. The van der Waals surface area contributed by atoms with Crippen LogP contribution in [0.1, 0.15) is 18.1 Å². The zero-order chi connectivity index (χ0) is 20.4. The van der Waals surface area contributed by atoms with E-state index in [4.69, 9.17) is 9.47 Å². The van der Waals surface area contributed by atoms with Crippen molar-refractivity contribution in [2.75, 3.05) is 20.8 Å². The van der Waals surface area contributed by atoms with Gasteiger partial charge in [0, 0.05) is 25.7 Å². The zero-order valence-electron chi connectivity index (χ0n) is 16.6. The first-order valence-electron chi connectivity index (χ1n) is 8.84. The average molecular weight is 521 g/mol. The van der Waals surface area contributed by atoms with Crippen molar-refractivity contribution in [2.24, 2.45) is 4.99 Å². The van der Waals surface area contributed by atoms with Crippen LogP contribution in [0.3, 0.4) is 0 Å². The molecule has 0 heterocycles. The summed E-state index contributed by atoms with van der Waals surface area (Å²) in [6.45, 7) is 0.502. The fourth-order valence-corrected chi connectivity index (χ4v) is 2.55. The monoisotopic (exact) mass is 521 g/mol. The smallest absolute Gasteiger partial charge is 0.387 e. The van der Waals surface area contributed by atoms with Crippen LogP contribution in [-0.2, 0) is 13.1 Å². The Bertz CT molecular complexity index is 791. The highest BCUT2D eigenvalue weighted by atomic mass is 127. The van der Waals surface area contributed by atoms with Crippen LogP contribution in [0.15, 0.2) is 47.5 Å². The van der Waals surface area contributed by atoms with Crippen LogP contribution >= 0.6 is 24.0 Å². The van der Waals surface area contributed by atoms with Crippen molar-refractivity contribution in [2.45, 2.75) is 26.6 Å². The molecule has 0 bridgehead atoms. The standard InChI is InChI=1S/C20H25F2N3O3.HI/c1-4-27-16-8-6-5-7-15(16)13-25-20(23-2)24-12-14-9-10-17(26-3)18(11-14)28-19(21)22;/h5-11,19H,4,12-13H2,1-3H3,(H2,23,24,25);1H. The minimum atomic E-state index is -2.92. The van der Waals surface area contributed by atoms with E-state index in [1.54, 1.807) is 19.2 Å². The third-order valence-electron chi connectivity index (χ3n) is 3.85. The molecule has 2 aromatic carbocycles. The third-order valence-corrected chi connectivity index (χ3v) is 3.85. The maximum Gasteiger partial charge on any atom is 0.387 e. The van der Waals surface area contributed by atoms with Crippen molar-refractivity contribution in [3.05, 3.63) is 53.6 Å². The minimum absolute atomic E-state index is 0. The lowest BCUT2D eigenvalue weighted by Crippen LogP contribution is -2.36. The number of ether oxygens (including phenoxy) is 3. The fraction of sp³-hybridized carbons (Fsp3) is 0.350. The summed E-state index contributed by atoms with van der Waals surface area (Å²) in [5, 5.41) is 6.35. The normalized spacial score (nSPS) is 10.9. The van der Waals surface area contributed by atoms with Gasteiger partial charge in [-0.05, 0) is 30.7 Å². The molecular formula is C20H26F2IN3O3. The quantitative estimate of drug-likeness (QED) is 0.295. The summed E-state index contributed by atoms with van der Waals surface area (Å²) in [7, 11) is 3.06. The van der Waals surface area contributed by atoms with Crippen LogP contribution in [0, 0.1) is 0 Å². The summed E-state index contributed by atoms with van der Waals surface area (Å²) in [5.41, 5.74) is 1.75. The number of hydrogen-bond acceptors (Lipinski definition) is 4. The number of methoxy groups -OCH3 is 1. The van der Waals surface area contributed by atoms with Crippen molar-refractivity contribution >= 4 is 29.9 Å². The van der Waals surface area contributed by atoms with Gasteiger partial charge < -0.3 is 24.8 Å². The molecule has 0 saturated carbocycles. The zero-order valence-corrected chi connectivity index (χ0v) is 18.9. The Morgan fingerprint density at radius 2 is 1.76 bits per heavy atom. The van der Waals surface area contributed by atoms with Gasteiger partial charge in [-0.15, -0.1) is 24.0 Å². The van der Waals surface area contributed by atoms with Crippen molar-refractivity contribution in [3.63, 3.8) is 0 Å². The number of aliphatic imine (C=N–C) groups is 1. The predicted octanol–water partition coefficient (Wildman–Crippen LogP) is 4.18. The number of guanidine groups is 1. The lowest BCUT2D eigenvalue weighted by molar-refractivity contribution is -0.0512. The molecule has 6 nitrogen and oxygen atoms in total. The first-order chi connectivity index (χ1) is 13.6. The molecule has 0 saturated heterocycles. The number of halogens is 3. The average Bonchev–Trinajstić information content (AvgIpc) is 2.69. The van der Waals surface area contributed by atoms with E-state index >= 15 is 0 Å². The summed E-state index contributed by atoms with van der Waals surface area (Å²) >= 11 is 0. The molecule has 2 aromatic rings. The highest BCUT2D eigenvalue weighted by Crippen LogP contribution is 2.29. The summed E-state index contributed by atoms with van der Waals surface area (Å²) in [4.78, 5) is 4.18. The molecule has 0 aliphatic carbocycles. The topological polar surface area (TPSA) is 64.1 Å². The number of rotatable bonds is 9. The number of nitrogens with one attached hydrogen (secondary N) is 2. The largest absolute Gasteiger partial charge is 0.494 e. The maximum atomic E-state index is 12.6. The fourth-order valence-electron chi connectivity index (χ4n) is 2.55. The second-order valence-electron chi connectivity index (χ2n) is 5.68. The number of alkyl halides is 2. The highest BCUT2D eigenvalue weighted by molar-refractivity contribution is 14.0. The van der Waals surface area contributed by atoms with E-state index in [1.807, 2.05) is 31.2 Å². The lowest BCUT2D eigenvalue weighted by Gasteiger charge is -2.15. The Morgan fingerprint density at radius 3 is 2.41 bits per heavy atom. The highest BCUT2D eigenvalue weighted by Gasteiger charge is 2.11. The lowest BCUT2D eigenvalue weighted by atomic mass is 10.2. The van der Waals surface area contributed by atoms with Crippen molar-refractivity contribution < 1.29 is 23.0 Å². The van der Waals surface area contributed by atoms with Crippen LogP contribution in [0.25, 0.3) is 0 Å². The number of benzene rings is 2. The molecule has 0 fully saturated rings. The molecule has 2 rings (SSSR count). The van der Waals surface area contributed by atoms with E-state index in [9.17, 15) is 8.78 Å². The molecule has 0 aliphatic rings. The first-order valence-corrected chi connectivity index (χ1v) is 8.84. The molecule has 0 aromatic heterocycles. The van der Waals surface area contributed by atoms with E-state index in [1.165, 1.54) is 13.2 Å². The van der Waals surface area contributed by atoms with E-state index < -0.39 is 6.61 Å². The Balaban J connectivity index is 0.00000420. The Morgan fingerprint density at radius 1 is 1.03 bits per heavy atom. The second-order valence-corrected chi connectivity index (χ2v) is 5.68. The second kappa shape index (κ2) is 13.0. The van der Waals surface area contributed by atoms with E-state index in [2.05, 4.69) is 20.4 Å². The van der Waals surface area contributed by atoms with Crippen molar-refractivity contribution in [1.29, 1.82) is 0 Å². The number of para-hydroxylation sites is 1. The van der Waals surface area contributed by atoms with E-state index in [0.717, 1.165) is 16.9 Å². The molecule has 160 valence electrons. The molecule has 0 unspecified atom stereocenters. The van der Waals surface area contributed by atoms with Gasteiger partial charge in [-0.1, -0.05) is 24.3 Å². The Hall–Kier alpha value is -2.30. The van der Waals surface area contributed by atoms with Gasteiger partial charge in [-0.2, -0.15) is 8.78 Å². The molecule has 29 heavy (non-hydrogen) atoms.